The van der Waals surface area contributed by atoms with Crippen molar-refractivity contribution in [2.75, 3.05) is 17.2 Å². The molecule has 0 amide bonds. The Labute approximate surface area is 164 Å². The molecule has 0 aliphatic heterocycles. The number of nitrogens with one attached hydrogen (secondary N) is 1. The lowest BCUT2D eigenvalue weighted by Gasteiger charge is -2.22. The predicted octanol–water partition coefficient (Wildman–Crippen LogP) is 6.91. The summed E-state index contributed by atoms with van der Waals surface area (Å²) < 4.78 is 0. The van der Waals surface area contributed by atoms with Crippen LogP contribution in [0, 0.1) is 0 Å². The van der Waals surface area contributed by atoms with Crippen LogP contribution in [0.4, 0.5) is 5.69 Å². The zero-order valence-electron chi connectivity index (χ0n) is 14.9. The molecule has 0 saturated heterocycles. The zero-order chi connectivity index (χ0) is 17.5. The van der Waals surface area contributed by atoms with Gasteiger partial charge in [-0.25, -0.2) is 0 Å². The van der Waals surface area contributed by atoms with Gasteiger partial charge in [-0.2, -0.15) is 0 Å². The topological polar surface area (TPSA) is 24.9 Å². The summed E-state index contributed by atoms with van der Waals surface area (Å²) in [6.45, 7) is 1.05. The quantitative estimate of drug-likeness (QED) is 0.350. The van der Waals surface area contributed by atoms with E-state index in [9.17, 15) is 0 Å². The highest BCUT2D eigenvalue weighted by atomic mass is 79.9. The zero-order valence-corrected chi connectivity index (χ0v) is 17.3. The first-order valence-corrected chi connectivity index (χ1v) is 11.2. The summed E-state index contributed by atoms with van der Waals surface area (Å²) in [6, 6.07) is 6.11. The van der Waals surface area contributed by atoms with E-state index in [0.29, 0.717) is 0 Å². The molecule has 1 heterocycles. The van der Waals surface area contributed by atoms with Crippen LogP contribution in [-0.2, 0) is 12.8 Å². The molecule has 25 heavy (non-hydrogen) atoms. The normalized spacial score (nSPS) is 13.8. The molecular weight excluding hydrogens is 396 g/mol. The second-order valence-corrected chi connectivity index (χ2v) is 8.25. The second-order valence-electron chi connectivity index (χ2n) is 7.02. The monoisotopic (exact) mass is 422 g/mol. The first-order chi connectivity index (χ1) is 12.3. The minimum atomic E-state index is 0.769. The first-order valence-electron chi connectivity index (χ1n) is 9.70. The standard InChI is InChI=1S/C21H28BrClN2/c22-13-7-3-1-2-4-8-14-24-21-17-9-5-6-10-19(17)25-20-15-16(23)11-12-18(20)21/h11-12,15H,1-10,13-14H2,(H,24,25). The molecule has 2 nitrogen and oxygen atoms in total. The van der Waals surface area contributed by atoms with Crippen LogP contribution < -0.4 is 5.32 Å². The number of hydrogen-bond donors (Lipinski definition) is 1. The molecule has 136 valence electrons. The summed E-state index contributed by atoms with van der Waals surface area (Å²) in [4.78, 5) is 4.90. The molecule has 0 unspecified atom stereocenters. The highest BCUT2D eigenvalue weighted by molar-refractivity contribution is 9.09. The number of nitrogens with zero attached hydrogens (tertiary/aromatic N) is 1. The molecule has 0 radical (unpaired) electrons. The largest absolute Gasteiger partial charge is 0.384 e. The lowest BCUT2D eigenvalue weighted by atomic mass is 9.92. The Hall–Kier alpha value is -0.800. The van der Waals surface area contributed by atoms with E-state index < -0.39 is 0 Å². The van der Waals surface area contributed by atoms with Gasteiger partial charge < -0.3 is 5.32 Å². The van der Waals surface area contributed by atoms with E-state index >= 15 is 0 Å². The molecular formula is C21H28BrClN2. The lowest BCUT2D eigenvalue weighted by molar-refractivity contribution is 0.619. The lowest BCUT2D eigenvalue weighted by Crippen LogP contribution is -2.12. The predicted molar refractivity (Wildman–Crippen MR) is 113 cm³/mol. The maximum absolute atomic E-state index is 6.19. The molecule has 0 fully saturated rings. The third-order valence-electron chi connectivity index (χ3n) is 5.09. The Morgan fingerprint density at radius 2 is 1.76 bits per heavy atom. The Kier molecular flexibility index (Phi) is 7.42. The van der Waals surface area contributed by atoms with E-state index in [1.165, 1.54) is 73.7 Å². The number of anilines is 1. The maximum atomic E-state index is 6.19. The van der Waals surface area contributed by atoms with Crippen LogP contribution >= 0.6 is 27.5 Å². The molecule has 3 rings (SSSR count). The number of aryl methyl sites for hydroxylation is 1. The van der Waals surface area contributed by atoms with Crippen molar-refractivity contribution in [1.29, 1.82) is 0 Å². The molecule has 0 saturated carbocycles. The number of pyridine rings is 1. The van der Waals surface area contributed by atoms with E-state index in [-0.39, 0.29) is 0 Å². The minimum absolute atomic E-state index is 0.769. The molecule has 1 aliphatic rings. The van der Waals surface area contributed by atoms with Crippen molar-refractivity contribution in [2.45, 2.75) is 64.2 Å². The Balaban J connectivity index is 1.65. The van der Waals surface area contributed by atoms with Crippen LogP contribution in [0.2, 0.25) is 5.02 Å². The summed E-state index contributed by atoms with van der Waals surface area (Å²) >= 11 is 9.69. The molecule has 0 bridgehead atoms. The summed E-state index contributed by atoms with van der Waals surface area (Å²) in [7, 11) is 0. The van der Waals surface area contributed by atoms with Gasteiger partial charge in [-0.15, -0.1) is 0 Å². The third-order valence-corrected chi connectivity index (χ3v) is 5.88. The van der Waals surface area contributed by atoms with Crippen LogP contribution in [-0.4, -0.2) is 16.9 Å². The summed E-state index contributed by atoms with van der Waals surface area (Å²) in [6.07, 6.45) is 12.7. The van der Waals surface area contributed by atoms with Crippen molar-refractivity contribution in [1.82, 2.24) is 4.98 Å². The molecule has 0 spiro atoms. The number of unbranched alkanes of at least 4 members (excludes halogenated alkanes) is 5. The molecule has 0 atom stereocenters. The van der Waals surface area contributed by atoms with Crippen molar-refractivity contribution in [3.8, 4) is 0 Å². The van der Waals surface area contributed by atoms with Crippen LogP contribution in [0.1, 0.15) is 62.6 Å². The average molecular weight is 424 g/mol. The number of benzene rings is 1. The van der Waals surface area contributed by atoms with Crippen molar-refractivity contribution in [3.63, 3.8) is 0 Å². The fourth-order valence-electron chi connectivity index (χ4n) is 3.74. The van der Waals surface area contributed by atoms with Gasteiger partial charge in [0.2, 0.25) is 0 Å². The van der Waals surface area contributed by atoms with Gasteiger partial charge in [0.05, 0.1) is 5.52 Å². The van der Waals surface area contributed by atoms with Crippen molar-refractivity contribution in [3.05, 3.63) is 34.5 Å². The highest BCUT2D eigenvalue weighted by Crippen LogP contribution is 2.34. The second kappa shape index (κ2) is 9.78. The number of hydrogen-bond acceptors (Lipinski definition) is 2. The van der Waals surface area contributed by atoms with Crippen molar-refractivity contribution < 1.29 is 0 Å². The van der Waals surface area contributed by atoms with E-state index in [1.807, 2.05) is 12.1 Å². The van der Waals surface area contributed by atoms with E-state index in [4.69, 9.17) is 16.6 Å². The minimum Gasteiger partial charge on any atom is -0.384 e. The van der Waals surface area contributed by atoms with Gasteiger partial charge in [-0.05, 0) is 62.3 Å². The molecule has 1 aromatic heterocycles. The van der Waals surface area contributed by atoms with E-state index in [0.717, 1.165) is 35.3 Å². The van der Waals surface area contributed by atoms with Gasteiger partial charge >= 0.3 is 0 Å². The fraction of sp³-hybridized carbons (Fsp3) is 0.571. The number of fused-ring (bicyclic) bond motifs is 2. The molecule has 1 aromatic carbocycles. The average Bonchev–Trinajstić information content (AvgIpc) is 2.63. The van der Waals surface area contributed by atoms with Crippen LogP contribution in [0.25, 0.3) is 10.9 Å². The smallest absolute Gasteiger partial charge is 0.0741 e. The van der Waals surface area contributed by atoms with E-state index in [1.54, 1.807) is 0 Å². The van der Waals surface area contributed by atoms with Gasteiger partial charge in [-0.3, -0.25) is 4.98 Å². The SMILES string of the molecule is Clc1ccc2c(NCCCCCCCCBr)c3c(nc2c1)CCCC3. The summed E-state index contributed by atoms with van der Waals surface area (Å²) in [5.41, 5.74) is 5.07. The Morgan fingerprint density at radius 1 is 1.00 bits per heavy atom. The van der Waals surface area contributed by atoms with Gasteiger partial charge in [0, 0.05) is 33.7 Å². The Bertz CT molecular complexity index is 702. The van der Waals surface area contributed by atoms with Gasteiger partial charge in [0.25, 0.3) is 0 Å². The molecule has 1 aliphatic carbocycles. The molecule has 1 N–H and O–H groups in total. The van der Waals surface area contributed by atoms with Crippen molar-refractivity contribution >= 4 is 44.1 Å². The Morgan fingerprint density at radius 3 is 2.60 bits per heavy atom. The maximum Gasteiger partial charge on any atom is 0.0741 e. The van der Waals surface area contributed by atoms with Crippen LogP contribution in [0.15, 0.2) is 18.2 Å². The molecule has 4 heteroatoms. The van der Waals surface area contributed by atoms with Gasteiger partial charge in [-0.1, -0.05) is 53.2 Å². The molecule has 2 aromatic rings. The summed E-state index contributed by atoms with van der Waals surface area (Å²) in [5.74, 6) is 0. The first kappa shape index (κ1) is 19.0. The van der Waals surface area contributed by atoms with Gasteiger partial charge in [0.1, 0.15) is 0 Å². The third kappa shape index (κ3) is 5.10. The number of rotatable bonds is 9. The van der Waals surface area contributed by atoms with Crippen LogP contribution in [0.3, 0.4) is 0 Å². The highest BCUT2D eigenvalue weighted by Gasteiger charge is 2.18. The summed E-state index contributed by atoms with van der Waals surface area (Å²) in [5, 5.41) is 6.88. The van der Waals surface area contributed by atoms with Crippen LogP contribution in [0.5, 0.6) is 0 Å². The number of alkyl halides is 1. The van der Waals surface area contributed by atoms with Crippen molar-refractivity contribution in [2.24, 2.45) is 0 Å². The van der Waals surface area contributed by atoms with E-state index in [2.05, 4.69) is 27.3 Å². The number of halogens is 2. The fourth-order valence-corrected chi connectivity index (χ4v) is 4.30. The number of aromatic nitrogens is 1. The van der Waals surface area contributed by atoms with Gasteiger partial charge in [0.15, 0.2) is 0 Å².